The van der Waals surface area contributed by atoms with Gasteiger partial charge in [0, 0.05) is 10.9 Å². The van der Waals surface area contributed by atoms with Crippen molar-refractivity contribution in [3.8, 4) is 0 Å². The van der Waals surface area contributed by atoms with Gasteiger partial charge in [0.25, 0.3) is 5.56 Å². The van der Waals surface area contributed by atoms with Crippen LogP contribution in [-0.2, 0) is 0 Å². The molecule has 0 radical (unpaired) electrons. The Labute approximate surface area is 127 Å². The van der Waals surface area contributed by atoms with Crippen molar-refractivity contribution >= 4 is 33.8 Å². The quantitative estimate of drug-likeness (QED) is 0.788. The molecule has 20 heavy (non-hydrogen) atoms. The smallest absolute Gasteiger partial charge is 0.263 e. The average Bonchev–Trinajstić information content (AvgIpc) is 2.81. The van der Waals surface area contributed by atoms with Crippen LogP contribution in [0, 0.1) is 24.0 Å². The molecule has 1 N–H and O–H groups in total. The van der Waals surface area contributed by atoms with Gasteiger partial charge in [0.15, 0.2) is 4.77 Å². The van der Waals surface area contributed by atoms with Gasteiger partial charge in [0.1, 0.15) is 4.83 Å². The van der Waals surface area contributed by atoms with Crippen LogP contribution in [0.15, 0.2) is 4.79 Å². The number of hydrogen-bond donors (Lipinski definition) is 1. The number of aryl methyl sites for hydroxylation is 2. The summed E-state index contributed by atoms with van der Waals surface area (Å²) >= 11 is 7.07. The van der Waals surface area contributed by atoms with Gasteiger partial charge in [-0.05, 0) is 56.3 Å². The van der Waals surface area contributed by atoms with Crippen molar-refractivity contribution < 1.29 is 0 Å². The maximum absolute atomic E-state index is 12.9. The van der Waals surface area contributed by atoms with Gasteiger partial charge in [0.05, 0.1) is 5.39 Å². The molecule has 3 rings (SSSR count). The second-order valence-electron chi connectivity index (χ2n) is 6.65. The number of nitrogens with one attached hydrogen (secondary N) is 1. The minimum atomic E-state index is 0.0910. The molecule has 2 heterocycles. The number of rotatable bonds is 1. The average molecular weight is 308 g/mol. The van der Waals surface area contributed by atoms with Crippen LogP contribution >= 0.6 is 23.6 Å². The number of H-pyrrole nitrogens is 1. The topological polar surface area (TPSA) is 37.8 Å². The van der Waals surface area contributed by atoms with E-state index in [2.05, 4.69) is 25.8 Å². The van der Waals surface area contributed by atoms with Gasteiger partial charge >= 0.3 is 0 Å². The monoisotopic (exact) mass is 308 g/mol. The minimum Gasteiger partial charge on any atom is -0.323 e. The number of thiophene rings is 1. The summed E-state index contributed by atoms with van der Waals surface area (Å²) in [7, 11) is 0. The van der Waals surface area contributed by atoms with Crippen LogP contribution in [0.4, 0.5) is 0 Å². The summed E-state index contributed by atoms with van der Waals surface area (Å²) in [4.78, 5) is 18.2. The van der Waals surface area contributed by atoms with Crippen LogP contribution in [0.2, 0.25) is 0 Å². The number of hydrogen-bond acceptors (Lipinski definition) is 3. The summed E-state index contributed by atoms with van der Waals surface area (Å²) in [5.74, 6) is 0. The van der Waals surface area contributed by atoms with E-state index in [1.54, 1.807) is 11.3 Å². The Morgan fingerprint density at radius 1 is 1.40 bits per heavy atom. The molecule has 0 spiro atoms. The number of aromatic nitrogens is 2. The Kier molecular flexibility index (Phi) is 3.18. The molecule has 2 aromatic heterocycles. The normalized spacial score (nSPS) is 21.7. The third-order valence-corrected chi connectivity index (χ3v) is 5.99. The largest absolute Gasteiger partial charge is 0.323 e. The van der Waals surface area contributed by atoms with E-state index in [1.807, 2.05) is 11.5 Å². The molecule has 0 bridgehead atoms. The minimum absolute atomic E-state index is 0.0910. The zero-order chi connectivity index (χ0) is 14.7. The van der Waals surface area contributed by atoms with E-state index in [9.17, 15) is 4.79 Å². The van der Waals surface area contributed by atoms with Crippen molar-refractivity contribution in [1.82, 2.24) is 9.55 Å². The highest BCUT2D eigenvalue weighted by Crippen LogP contribution is 2.43. The first-order valence-electron chi connectivity index (χ1n) is 7.05. The van der Waals surface area contributed by atoms with Crippen LogP contribution in [0.5, 0.6) is 0 Å². The zero-order valence-corrected chi connectivity index (χ0v) is 14.0. The Balaban J connectivity index is 2.24. The summed E-state index contributed by atoms with van der Waals surface area (Å²) < 4.78 is 2.40. The maximum Gasteiger partial charge on any atom is 0.263 e. The summed E-state index contributed by atoms with van der Waals surface area (Å²) in [6.07, 6.45) is 3.22. The number of aromatic amines is 1. The molecule has 1 saturated carbocycles. The second kappa shape index (κ2) is 4.53. The summed E-state index contributed by atoms with van der Waals surface area (Å²) in [6, 6.07) is 0.241. The van der Waals surface area contributed by atoms with Gasteiger partial charge in [-0.2, -0.15) is 0 Å². The first kappa shape index (κ1) is 14.0. The molecule has 3 nitrogen and oxygen atoms in total. The fourth-order valence-corrected chi connectivity index (χ4v) is 4.74. The molecule has 108 valence electrons. The summed E-state index contributed by atoms with van der Waals surface area (Å²) in [5, 5.41) is 0.825. The Bertz CT molecular complexity index is 795. The third kappa shape index (κ3) is 2.07. The summed E-state index contributed by atoms with van der Waals surface area (Å²) in [5.41, 5.74) is 1.49. The first-order valence-corrected chi connectivity index (χ1v) is 8.27. The second-order valence-corrected chi connectivity index (χ2v) is 8.26. The molecular weight excluding hydrogens is 288 g/mol. The standard InChI is InChI=1S/C15H20N2OS2/c1-8-9(2)20-12-11(8)13(18)17(14(19)16-12)10-5-6-15(3,4)7-10/h10H,5-7H2,1-4H3,(H,16,19). The summed E-state index contributed by atoms with van der Waals surface area (Å²) in [6.45, 7) is 8.61. The van der Waals surface area contributed by atoms with Crippen molar-refractivity contribution in [2.75, 3.05) is 0 Å². The van der Waals surface area contributed by atoms with E-state index < -0.39 is 0 Å². The number of nitrogens with zero attached hydrogens (tertiary/aromatic N) is 1. The Hall–Kier alpha value is -0.940. The SMILES string of the molecule is Cc1sc2[nH]c(=S)n(C3CCC(C)(C)C3)c(=O)c2c1C. The maximum atomic E-state index is 12.9. The molecule has 1 aliphatic carbocycles. The third-order valence-electron chi connectivity index (χ3n) is 4.56. The van der Waals surface area contributed by atoms with Crippen LogP contribution in [0.1, 0.15) is 49.6 Å². The predicted octanol–water partition coefficient (Wildman–Crippen LogP) is 4.49. The van der Waals surface area contributed by atoms with Crippen LogP contribution in [0.3, 0.4) is 0 Å². The fraction of sp³-hybridized carbons (Fsp3) is 0.600. The molecule has 1 fully saturated rings. The van der Waals surface area contributed by atoms with Crippen molar-refractivity contribution in [2.24, 2.45) is 5.41 Å². The lowest BCUT2D eigenvalue weighted by atomic mass is 9.92. The molecule has 0 amide bonds. The van der Waals surface area contributed by atoms with Gasteiger partial charge in [-0.15, -0.1) is 11.3 Å². The van der Waals surface area contributed by atoms with Crippen molar-refractivity contribution in [3.05, 3.63) is 25.6 Å². The molecule has 0 aromatic carbocycles. The molecule has 0 saturated heterocycles. The molecule has 1 aliphatic rings. The van der Waals surface area contributed by atoms with E-state index in [0.29, 0.717) is 10.2 Å². The van der Waals surface area contributed by atoms with E-state index in [4.69, 9.17) is 12.2 Å². The van der Waals surface area contributed by atoms with Gasteiger partial charge < -0.3 is 4.98 Å². The molecule has 1 atom stereocenters. The first-order chi connectivity index (χ1) is 9.30. The molecule has 0 aliphatic heterocycles. The van der Waals surface area contributed by atoms with Crippen LogP contribution in [0.25, 0.3) is 10.2 Å². The van der Waals surface area contributed by atoms with Gasteiger partial charge in [-0.25, -0.2) is 0 Å². The number of fused-ring (bicyclic) bond motifs is 1. The van der Waals surface area contributed by atoms with Crippen molar-refractivity contribution in [2.45, 2.75) is 53.0 Å². The molecule has 5 heteroatoms. The lowest BCUT2D eigenvalue weighted by Gasteiger charge is -2.18. The highest BCUT2D eigenvalue weighted by atomic mass is 32.1. The molecular formula is C15H20N2OS2. The Morgan fingerprint density at radius 3 is 2.70 bits per heavy atom. The highest BCUT2D eigenvalue weighted by molar-refractivity contribution is 7.71. The van der Waals surface area contributed by atoms with E-state index in [-0.39, 0.29) is 11.6 Å². The van der Waals surface area contributed by atoms with Crippen molar-refractivity contribution in [1.29, 1.82) is 0 Å². The van der Waals surface area contributed by atoms with Crippen molar-refractivity contribution in [3.63, 3.8) is 0 Å². The van der Waals surface area contributed by atoms with Gasteiger partial charge in [-0.3, -0.25) is 9.36 Å². The zero-order valence-electron chi connectivity index (χ0n) is 12.4. The predicted molar refractivity (Wildman–Crippen MR) is 87.4 cm³/mol. The lowest BCUT2D eigenvalue weighted by Crippen LogP contribution is -2.26. The van der Waals surface area contributed by atoms with E-state index >= 15 is 0 Å². The van der Waals surface area contributed by atoms with Crippen LogP contribution in [-0.4, -0.2) is 9.55 Å². The Morgan fingerprint density at radius 2 is 2.10 bits per heavy atom. The van der Waals surface area contributed by atoms with E-state index in [1.165, 1.54) is 4.88 Å². The van der Waals surface area contributed by atoms with Gasteiger partial charge in [-0.1, -0.05) is 13.8 Å². The van der Waals surface area contributed by atoms with E-state index in [0.717, 1.165) is 35.0 Å². The fourth-order valence-electron chi connectivity index (χ4n) is 3.29. The molecule has 1 unspecified atom stereocenters. The highest BCUT2D eigenvalue weighted by Gasteiger charge is 2.33. The van der Waals surface area contributed by atoms with Gasteiger partial charge in [0.2, 0.25) is 0 Å². The molecule has 2 aromatic rings. The lowest BCUT2D eigenvalue weighted by molar-refractivity contribution is 0.355. The van der Waals surface area contributed by atoms with Crippen LogP contribution < -0.4 is 5.56 Å².